The molecule has 0 aliphatic rings. The zero-order valence-electron chi connectivity index (χ0n) is 13.5. The number of rotatable bonds is 4. The summed E-state index contributed by atoms with van der Waals surface area (Å²) in [5, 5.41) is 0.207. The molecule has 5 nitrogen and oxygen atoms in total. The van der Waals surface area contributed by atoms with E-state index in [0.29, 0.717) is 10.6 Å². The van der Waals surface area contributed by atoms with Crippen molar-refractivity contribution in [1.82, 2.24) is 9.55 Å². The molecule has 0 amide bonds. The third-order valence-electron chi connectivity index (χ3n) is 3.94. The Morgan fingerprint density at radius 2 is 1.85 bits per heavy atom. The maximum absolute atomic E-state index is 13.5. The fourth-order valence-corrected chi connectivity index (χ4v) is 3.88. The Hall–Kier alpha value is -2.32. The largest absolute Gasteiger partial charge is 0.294 e. The molecule has 1 aromatic heterocycles. The van der Waals surface area contributed by atoms with Crippen molar-refractivity contribution in [3.63, 3.8) is 0 Å². The summed E-state index contributed by atoms with van der Waals surface area (Å²) in [6, 6.07) is 5.89. The van der Waals surface area contributed by atoms with Crippen LogP contribution in [0, 0.1) is 11.6 Å². The minimum atomic E-state index is -3.54. The lowest BCUT2D eigenvalue weighted by molar-refractivity contribution is 0.510. The second-order valence-corrected chi connectivity index (χ2v) is 8.30. The molecular formula is C17H13ClF2N2O3S. The minimum Gasteiger partial charge on any atom is -0.294 e. The second kappa shape index (κ2) is 6.77. The number of hydrogen-bond donors (Lipinski definition) is 0. The molecule has 0 saturated heterocycles. The van der Waals surface area contributed by atoms with E-state index >= 15 is 0 Å². The highest BCUT2D eigenvalue weighted by Gasteiger charge is 2.18. The first-order valence-corrected chi connectivity index (χ1v) is 9.61. The highest BCUT2D eigenvalue weighted by Crippen LogP contribution is 2.22. The summed E-state index contributed by atoms with van der Waals surface area (Å²) in [4.78, 5) is 16.6. The first kappa shape index (κ1) is 18.5. The van der Waals surface area contributed by atoms with E-state index in [9.17, 15) is 22.0 Å². The van der Waals surface area contributed by atoms with E-state index in [1.165, 1.54) is 25.1 Å². The number of benzene rings is 2. The summed E-state index contributed by atoms with van der Waals surface area (Å²) in [6.45, 7) is 1.38. The average molecular weight is 399 g/mol. The smallest absolute Gasteiger partial charge is 0.261 e. The van der Waals surface area contributed by atoms with Crippen molar-refractivity contribution >= 4 is 32.3 Å². The van der Waals surface area contributed by atoms with E-state index in [1.807, 2.05) is 0 Å². The summed E-state index contributed by atoms with van der Waals surface area (Å²) in [7, 11) is -3.54. The Morgan fingerprint density at radius 3 is 2.54 bits per heavy atom. The van der Waals surface area contributed by atoms with Crippen molar-refractivity contribution in [2.45, 2.75) is 18.4 Å². The maximum atomic E-state index is 13.5. The van der Waals surface area contributed by atoms with Crippen molar-refractivity contribution in [2.24, 2.45) is 0 Å². The molecule has 0 bridgehead atoms. The Balaban J connectivity index is 2.16. The van der Waals surface area contributed by atoms with Gasteiger partial charge in [-0.15, -0.1) is 0 Å². The number of halogens is 3. The molecule has 0 atom stereocenters. The van der Waals surface area contributed by atoms with Crippen LogP contribution < -0.4 is 5.56 Å². The zero-order valence-corrected chi connectivity index (χ0v) is 15.1. The number of nitrogens with zero attached hydrogens (tertiary/aromatic N) is 2. The molecule has 0 unspecified atom stereocenters. The first-order valence-electron chi connectivity index (χ1n) is 7.58. The molecule has 0 aliphatic heterocycles. The summed E-state index contributed by atoms with van der Waals surface area (Å²) in [6.07, 6.45) is 1.16. The predicted molar refractivity (Wildman–Crippen MR) is 94.2 cm³/mol. The molecule has 0 aliphatic carbocycles. The highest BCUT2D eigenvalue weighted by molar-refractivity contribution is 7.91. The van der Waals surface area contributed by atoms with Gasteiger partial charge in [0.25, 0.3) is 5.56 Å². The van der Waals surface area contributed by atoms with Crippen LogP contribution in [0.3, 0.4) is 0 Å². The molecule has 1 heterocycles. The van der Waals surface area contributed by atoms with Gasteiger partial charge in [-0.2, -0.15) is 0 Å². The molecular weight excluding hydrogens is 386 g/mol. The lowest BCUT2D eigenvalue weighted by Crippen LogP contribution is -2.22. The molecule has 136 valence electrons. The third kappa shape index (κ3) is 3.34. The van der Waals surface area contributed by atoms with Gasteiger partial charge in [-0.25, -0.2) is 22.2 Å². The van der Waals surface area contributed by atoms with E-state index in [0.717, 1.165) is 23.0 Å². The number of sulfone groups is 1. The topological polar surface area (TPSA) is 69.0 Å². The predicted octanol–water partition coefficient (Wildman–Crippen LogP) is 3.17. The summed E-state index contributed by atoms with van der Waals surface area (Å²) in [5.41, 5.74) is -0.295. The van der Waals surface area contributed by atoms with Crippen LogP contribution in [0.4, 0.5) is 8.78 Å². The van der Waals surface area contributed by atoms with Crippen molar-refractivity contribution in [1.29, 1.82) is 0 Å². The van der Waals surface area contributed by atoms with E-state index in [4.69, 9.17) is 11.6 Å². The fourth-order valence-electron chi connectivity index (χ4n) is 2.58. The molecule has 0 N–H and O–H groups in total. The van der Waals surface area contributed by atoms with Crippen LogP contribution in [-0.2, 0) is 16.4 Å². The van der Waals surface area contributed by atoms with Crippen LogP contribution >= 0.6 is 11.6 Å². The number of fused-ring (bicyclic) bond motifs is 1. The summed E-state index contributed by atoms with van der Waals surface area (Å²) >= 11 is 5.96. The molecule has 0 radical (unpaired) electrons. The van der Waals surface area contributed by atoms with Crippen LogP contribution in [0.1, 0.15) is 12.5 Å². The van der Waals surface area contributed by atoms with Gasteiger partial charge in [0.05, 0.1) is 34.4 Å². The number of hydrogen-bond acceptors (Lipinski definition) is 4. The van der Waals surface area contributed by atoms with Gasteiger partial charge in [0.1, 0.15) is 0 Å². The lowest BCUT2D eigenvalue weighted by atomic mass is 10.2. The highest BCUT2D eigenvalue weighted by atomic mass is 35.5. The first-order chi connectivity index (χ1) is 12.2. The normalized spacial score (nSPS) is 11.8. The van der Waals surface area contributed by atoms with Gasteiger partial charge in [0.15, 0.2) is 21.5 Å². The molecule has 9 heteroatoms. The minimum absolute atomic E-state index is 0.0117. The monoisotopic (exact) mass is 398 g/mol. The molecule has 0 fully saturated rings. The fraction of sp³-hybridized carbons (Fsp3) is 0.176. The van der Waals surface area contributed by atoms with Crippen molar-refractivity contribution in [3.8, 4) is 0 Å². The van der Waals surface area contributed by atoms with Crippen LogP contribution in [0.2, 0.25) is 5.02 Å². The van der Waals surface area contributed by atoms with E-state index in [2.05, 4.69) is 4.98 Å². The van der Waals surface area contributed by atoms with Gasteiger partial charge in [0.2, 0.25) is 0 Å². The standard InChI is InChI=1S/C17H13ClF2N2O3S/c1-2-26(24,25)16-4-3-11(18)5-10(16)8-22-9-21-15-7-14(20)13(19)6-12(15)17(22)23/h3-7,9H,2,8H2,1H3. The van der Waals surface area contributed by atoms with Gasteiger partial charge < -0.3 is 0 Å². The molecule has 0 spiro atoms. The summed E-state index contributed by atoms with van der Waals surface area (Å²) in [5.74, 6) is -2.38. The molecule has 3 rings (SSSR count). The second-order valence-electron chi connectivity index (χ2n) is 5.62. The third-order valence-corrected chi connectivity index (χ3v) is 6.01. The van der Waals surface area contributed by atoms with Gasteiger partial charge in [0, 0.05) is 11.1 Å². The maximum Gasteiger partial charge on any atom is 0.261 e. The Bertz CT molecular complexity index is 1180. The van der Waals surface area contributed by atoms with Crippen LogP contribution in [0.15, 0.2) is 46.3 Å². The SMILES string of the molecule is CCS(=O)(=O)c1ccc(Cl)cc1Cn1cnc2cc(F)c(F)cc2c1=O. The zero-order chi connectivity index (χ0) is 19.1. The molecule has 0 saturated carbocycles. The van der Waals surface area contributed by atoms with Gasteiger partial charge >= 0.3 is 0 Å². The van der Waals surface area contributed by atoms with Crippen molar-refractivity contribution < 1.29 is 17.2 Å². The molecule has 26 heavy (non-hydrogen) atoms. The average Bonchev–Trinajstić information content (AvgIpc) is 2.59. The Kier molecular flexibility index (Phi) is 4.81. The van der Waals surface area contributed by atoms with E-state index < -0.39 is 27.0 Å². The van der Waals surface area contributed by atoms with Gasteiger partial charge in [-0.05, 0) is 29.8 Å². The van der Waals surface area contributed by atoms with Crippen LogP contribution in [0.5, 0.6) is 0 Å². The van der Waals surface area contributed by atoms with Gasteiger partial charge in [-0.3, -0.25) is 9.36 Å². The molecule has 2 aromatic carbocycles. The van der Waals surface area contributed by atoms with E-state index in [1.54, 1.807) is 0 Å². The van der Waals surface area contributed by atoms with Crippen molar-refractivity contribution in [2.75, 3.05) is 5.75 Å². The van der Waals surface area contributed by atoms with Crippen LogP contribution in [0.25, 0.3) is 10.9 Å². The Labute approximate surface area is 152 Å². The number of aromatic nitrogens is 2. The quantitative estimate of drug-likeness (QED) is 0.677. The lowest BCUT2D eigenvalue weighted by Gasteiger charge is -2.12. The van der Waals surface area contributed by atoms with Crippen LogP contribution in [-0.4, -0.2) is 23.7 Å². The van der Waals surface area contributed by atoms with E-state index in [-0.39, 0.29) is 28.1 Å². The Morgan fingerprint density at radius 1 is 1.15 bits per heavy atom. The van der Waals surface area contributed by atoms with Crippen molar-refractivity contribution in [3.05, 3.63) is 69.2 Å². The molecule has 3 aromatic rings. The summed E-state index contributed by atoms with van der Waals surface area (Å²) < 4.78 is 52.4. The van der Waals surface area contributed by atoms with Gasteiger partial charge in [-0.1, -0.05) is 18.5 Å².